The van der Waals surface area contributed by atoms with Crippen molar-refractivity contribution in [3.8, 4) is 11.4 Å². The van der Waals surface area contributed by atoms with Gasteiger partial charge in [0.25, 0.3) is 0 Å². The van der Waals surface area contributed by atoms with Crippen molar-refractivity contribution < 1.29 is 0 Å². The maximum Gasteiger partial charge on any atom is 0.154 e. The summed E-state index contributed by atoms with van der Waals surface area (Å²) in [5.74, 6) is 1.87. The van der Waals surface area contributed by atoms with Gasteiger partial charge in [-0.3, -0.25) is 4.99 Å². The van der Waals surface area contributed by atoms with Gasteiger partial charge in [-0.15, -0.1) is 0 Å². The van der Waals surface area contributed by atoms with Gasteiger partial charge in [-0.1, -0.05) is 45.9 Å². The lowest BCUT2D eigenvalue weighted by Gasteiger charge is -2.29. The number of amidine groups is 1. The van der Waals surface area contributed by atoms with Gasteiger partial charge in [0, 0.05) is 15.8 Å². The molecule has 122 valence electrons. The summed E-state index contributed by atoms with van der Waals surface area (Å²) < 4.78 is 1.06. The minimum absolute atomic E-state index is 0.264. The second-order valence-electron chi connectivity index (χ2n) is 6.15. The standard InChI is InChI=1S/C18H17BrN4S/c1-18(8-9-24-17(20)23-18)12-4-7-14-15(10-12)22-16(21-14)11-2-5-13(19)6-3-11/h2-7,10H,8-9H2,1H3,(H2,20,23)(H,21,22). The van der Waals surface area contributed by atoms with Crippen molar-refractivity contribution in [1.29, 1.82) is 0 Å². The van der Waals surface area contributed by atoms with Gasteiger partial charge in [-0.05, 0) is 43.2 Å². The molecule has 0 spiro atoms. The number of rotatable bonds is 2. The number of hydrogen-bond acceptors (Lipinski definition) is 4. The van der Waals surface area contributed by atoms with Gasteiger partial charge >= 0.3 is 0 Å². The average Bonchev–Trinajstić information content (AvgIpc) is 2.98. The fourth-order valence-electron chi connectivity index (χ4n) is 2.98. The van der Waals surface area contributed by atoms with Crippen molar-refractivity contribution in [3.63, 3.8) is 0 Å². The Labute approximate surface area is 153 Å². The number of aromatic amines is 1. The number of hydrogen-bond donors (Lipinski definition) is 2. The third-order valence-corrected chi connectivity index (χ3v) is 5.74. The van der Waals surface area contributed by atoms with Gasteiger partial charge in [0.15, 0.2) is 5.17 Å². The summed E-state index contributed by atoms with van der Waals surface area (Å²) in [6.07, 6.45) is 0.980. The predicted molar refractivity (Wildman–Crippen MR) is 105 cm³/mol. The summed E-state index contributed by atoms with van der Waals surface area (Å²) >= 11 is 5.09. The molecular weight excluding hydrogens is 384 g/mol. The molecule has 0 fully saturated rings. The molecule has 1 aliphatic rings. The molecule has 4 nitrogen and oxygen atoms in total. The minimum Gasteiger partial charge on any atom is -0.379 e. The normalized spacial score (nSPS) is 21.0. The quantitative estimate of drug-likeness (QED) is 0.657. The Morgan fingerprint density at radius 3 is 2.75 bits per heavy atom. The number of imidazole rings is 1. The van der Waals surface area contributed by atoms with E-state index in [1.165, 1.54) is 0 Å². The summed E-state index contributed by atoms with van der Waals surface area (Å²) in [6, 6.07) is 14.5. The lowest BCUT2D eigenvalue weighted by molar-refractivity contribution is 0.482. The lowest BCUT2D eigenvalue weighted by atomic mass is 9.89. The first-order valence-electron chi connectivity index (χ1n) is 7.78. The van der Waals surface area contributed by atoms with Gasteiger partial charge in [-0.25, -0.2) is 4.98 Å². The fraction of sp³-hybridized carbons (Fsp3) is 0.222. The van der Waals surface area contributed by atoms with Crippen molar-refractivity contribution in [2.45, 2.75) is 18.9 Å². The monoisotopic (exact) mass is 400 g/mol. The van der Waals surface area contributed by atoms with Crippen LogP contribution in [0.1, 0.15) is 18.9 Å². The Balaban J connectivity index is 1.76. The maximum atomic E-state index is 5.94. The zero-order valence-electron chi connectivity index (χ0n) is 13.2. The fourth-order valence-corrected chi connectivity index (χ4v) is 4.22. The van der Waals surface area contributed by atoms with Crippen LogP contribution in [0.2, 0.25) is 0 Å². The number of nitrogens with one attached hydrogen (secondary N) is 1. The molecule has 6 heteroatoms. The van der Waals surface area contributed by atoms with Crippen LogP contribution in [0.25, 0.3) is 22.4 Å². The molecule has 2 heterocycles. The smallest absolute Gasteiger partial charge is 0.154 e. The van der Waals surface area contributed by atoms with Gasteiger partial charge < -0.3 is 10.7 Å². The number of thioether (sulfide) groups is 1. The first kappa shape index (κ1) is 15.7. The molecule has 0 radical (unpaired) electrons. The average molecular weight is 401 g/mol. The predicted octanol–water partition coefficient (Wildman–Crippen LogP) is 4.66. The number of halogens is 1. The first-order valence-corrected chi connectivity index (χ1v) is 9.56. The van der Waals surface area contributed by atoms with E-state index in [4.69, 9.17) is 10.7 Å². The Morgan fingerprint density at radius 2 is 2.00 bits per heavy atom. The number of aliphatic imine (C=N–C) groups is 1. The molecule has 3 N–H and O–H groups in total. The van der Waals surface area contributed by atoms with Gasteiger partial charge in [0.2, 0.25) is 0 Å². The summed E-state index contributed by atoms with van der Waals surface area (Å²) in [5, 5.41) is 0.668. The topological polar surface area (TPSA) is 67.1 Å². The number of aromatic nitrogens is 2. The molecule has 0 amide bonds. The van der Waals surface area contributed by atoms with E-state index in [1.54, 1.807) is 11.8 Å². The highest BCUT2D eigenvalue weighted by Crippen LogP contribution is 2.36. The van der Waals surface area contributed by atoms with Crippen molar-refractivity contribution in [2.24, 2.45) is 10.7 Å². The van der Waals surface area contributed by atoms with Crippen molar-refractivity contribution in [1.82, 2.24) is 9.97 Å². The Bertz CT molecular complexity index is 932. The number of nitrogens with two attached hydrogens (primary N) is 1. The first-order chi connectivity index (χ1) is 11.5. The molecule has 1 aliphatic heterocycles. The summed E-state index contributed by atoms with van der Waals surface area (Å²) in [5.41, 5.74) is 9.89. The number of fused-ring (bicyclic) bond motifs is 1. The van der Waals surface area contributed by atoms with E-state index in [1.807, 2.05) is 24.3 Å². The summed E-state index contributed by atoms with van der Waals surface area (Å²) in [4.78, 5) is 12.8. The molecule has 3 aromatic rings. The lowest BCUT2D eigenvalue weighted by Crippen LogP contribution is -2.28. The molecule has 1 atom stereocenters. The Kier molecular flexibility index (Phi) is 3.89. The molecule has 1 aromatic heterocycles. The number of nitrogens with zero attached hydrogens (tertiary/aromatic N) is 2. The molecule has 2 aromatic carbocycles. The zero-order valence-corrected chi connectivity index (χ0v) is 15.6. The highest BCUT2D eigenvalue weighted by atomic mass is 79.9. The second-order valence-corrected chi connectivity index (χ2v) is 8.18. The highest BCUT2D eigenvalue weighted by Gasteiger charge is 2.29. The Morgan fingerprint density at radius 1 is 1.21 bits per heavy atom. The summed E-state index contributed by atoms with van der Waals surface area (Å²) in [6.45, 7) is 2.14. The van der Waals surface area contributed by atoms with E-state index in [-0.39, 0.29) is 5.54 Å². The third-order valence-electron chi connectivity index (χ3n) is 4.42. The molecule has 0 aliphatic carbocycles. The van der Waals surface area contributed by atoms with Crippen LogP contribution in [0.5, 0.6) is 0 Å². The van der Waals surface area contributed by atoms with Gasteiger partial charge in [0.05, 0.1) is 16.6 Å². The zero-order chi connectivity index (χ0) is 16.7. The maximum absolute atomic E-state index is 5.94. The number of H-pyrrole nitrogens is 1. The van der Waals surface area contributed by atoms with Crippen LogP contribution in [-0.2, 0) is 5.54 Å². The van der Waals surface area contributed by atoms with E-state index >= 15 is 0 Å². The van der Waals surface area contributed by atoms with Crippen LogP contribution in [0.15, 0.2) is 51.9 Å². The van der Waals surface area contributed by atoms with E-state index in [0.29, 0.717) is 5.17 Å². The van der Waals surface area contributed by atoms with Crippen LogP contribution in [0.3, 0.4) is 0 Å². The van der Waals surface area contributed by atoms with E-state index in [0.717, 1.165) is 44.6 Å². The highest BCUT2D eigenvalue weighted by molar-refractivity contribution is 9.10. The largest absolute Gasteiger partial charge is 0.379 e. The van der Waals surface area contributed by atoms with Crippen LogP contribution < -0.4 is 5.73 Å². The SMILES string of the molecule is CC1(c2ccc3[nH]c(-c4ccc(Br)cc4)nc3c2)CCSC(N)=N1. The molecular formula is C18H17BrN4S. The molecule has 0 saturated heterocycles. The molecule has 0 saturated carbocycles. The summed E-state index contributed by atoms with van der Waals surface area (Å²) in [7, 11) is 0. The van der Waals surface area contributed by atoms with Crippen LogP contribution in [0.4, 0.5) is 0 Å². The van der Waals surface area contributed by atoms with Crippen LogP contribution >= 0.6 is 27.7 Å². The molecule has 24 heavy (non-hydrogen) atoms. The van der Waals surface area contributed by atoms with Gasteiger partial charge in [0.1, 0.15) is 5.82 Å². The molecule has 0 bridgehead atoms. The minimum atomic E-state index is -0.264. The van der Waals surface area contributed by atoms with Crippen molar-refractivity contribution in [2.75, 3.05) is 5.75 Å². The van der Waals surface area contributed by atoms with Gasteiger partial charge in [-0.2, -0.15) is 0 Å². The molecule has 1 unspecified atom stereocenters. The second kappa shape index (κ2) is 5.93. The van der Waals surface area contributed by atoms with E-state index in [2.05, 4.69) is 51.0 Å². The van der Waals surface area contributed by atoms with Crippen molar-refractivity contribution >= 4 is 43.9 Å². The number of benzene rings is 2. The molecule has 4 rings (SSSR count). The third kappa shape index (κ3) is 2.84. The van der Waals surface area contributed by atoms with Crippen LogP contribution in [0, 0.1) is 0 Å². The van der Waals surface area contributed by atoms with E-state index < -0.39 is 0 Å². The Hall–Kier alpha value is -1.79. The van der Waals surface area contributed by atoms with Crippen LogP contribution in [-0.4, -0.2) is 20.9 Å². The van der Waals surface area contributed by atoms with Crippen molar-refractivity contribution in [3.05, 3.63) is 52.5 Å². The van der Waals surface area contributed by atoms with E-state index in [9.17, 15) is 0 Å².